The van der Waals surface area contributed by atoms with Crippen LogP contribution in [-0.2, 0) is 20.7 Å². The highest BCUT2D eigenvalue weighted by Crippen LogP contribution is 2.33. The summed E-state index contributed by atoms with van der Waals surface area (Å²) >= 11 is 3.04. The number of thiazole rings is 1. The number of hydrogen-bond acceptors (Lipinski definition) is 8. The van der Waals surface area contributed by atoms with E-state index in [0.29, 0.717) is 16.8 Å². The zero-order valence-corrected chi connectivity index (χ0v) is 21.8. The number of hydrogen-bond donors (Lipinski definition) is 2. The Balaban J connectivity index is 1.42. The van der Waals surface area contributed by atoms with Crippen LogP contribution in [0.1, 0.15) is 78.9 Å². The van der Waals surface area contributed by atoms with Crippen molar-refractivity contribution >= 4 is 40.2 Å². The second-order valence-electron chi connectivity index (χ2n) is 10.3. The Morgan fingerprint density at radius 1 is 1.12 bits per heavy atom. The molecule has 2 heterocycles. The summed E-state index contributed by atoms with van der Waals surface area (Å²) in [5.74, 6) is 2.07. The van der Waals surface area contributed by atoms with Crippen molar-refractivity contribution in [2.45, 2.75) is 94.2 Å². The van der Waals surface area contributed by atoms with Crippen LogP contribution in [0.2, 0.25) is 0 Å². The van der Waals surface area contributed by atoms with Crippen molar-refractivity contribution in [1.82, 2.24) is 15.3 Å². The molecule has 33 heavy (non-hydrogen) atoms. The molecule has 2 N–H and O–H groups in total. The largest absolute Gasteiger partial charge is 0.444 e. The predicted octanol–water partition coefficient (Wildman–Crippen LogP) is 5.74. The van der Waals surface area contributed by atoms with Gasteiger partial charge in [0.2, 0.25) is 11.8 Å². The van der Waals surface area contributed by atoms with Crippen molar-refractivity contribution in [3.63, 3.8) is 0 Å². The molecule has 0 unspecified atom stereocenters. The first-order valence-corrected chi connectivity index (χ1v) is 13.0. The second kappa shape index (κ2) is 10.5. The fraction of sp³-hybridized carbons (Fsp3) is 0.652. The van der Waals surface area contributed by atoms with E-state index in [0.717, 1.165) is 35.7 Å². The van der Waals surface area contributed by atoms with Crippen molar-refractivity contribution in [3.8, 4) is 0 Å². The summed E-state index contributed by atoms with van der Waals surface area (Å²) in [4.78, 5) is 33.3. The Labute approximate surface area is 203 Å². The molecular weight excluding hydrogens is 460 g/mol. The summed E-state index contributed by atoms with van der Waals surface area (Å²) in [5, 5.41) is 6.45. The molecule has 0 atom stereocenters. The van der Waals surface area contributed by atoms with E-state index in [1.807, 2.05) is 20.8 Å². The van der Waals surface area contributed by atoms with E-state index >= 15 is 0 Å². The first-order valence-electron chi connectivity index (χ1n) is 11.2. The number of aromatic nitrogens is 2. The molecule has 0 bridgehead atoms. The Morgan fingerprint density at radius 2 is 1.82 bits per heavy atom. The third kappa shape index (κ3) is 8.03. The number of nitrogens with one attached hydrogen (secondary N) is 2. The molecule has 1 aliphatic rings. The fourth-order valence-electron chi connectivity index (χ4n) is 3.42. The van der Waals surface area contributed by atoms with Gasteiger partial charge in [0.15, 0.2) is 5.13 Å². The summed E-state index contributed by atoms with van der Waals surface area (Å²) in [6.45, 7) is 11.8. The molecule has 0 radical (unpaired) electrons. The summed E-state index contributed by atoms with van der Waals surface area (Å²) in [6, 6.07) is 0.0424. The van der Waals surface area contributed by atoms with Crippen molar-refractivity contribution < 1.29 is 18.7 Å². The molecule has 0 aromatic carbocycles. The Morgan fingerprint density at radius 3 is 2.42 bits per heavy atom. The van der Waals surface area contributed by atoms with Crippen LogP contribution in [0.25, 0.3) is 0 Å². The van der Waals surface area contributed by atoms with E-state index in [9.17, 15) is 9.59 Å². The van der Waals surface area contributed by atoms with Crippen LogP contribution in [0.15, 0.2) is 21.0 Å². The van der Waals surface area contributed by atoms with Crippen LogP contribution in [0.3, 0.4) is 0 Å². The van der Waals surface area contributed by atoms with Crippen molar-refractivity contribution in [3.05, 3.63) is 24.0 Å². The minimum atomic E-state index is -0.518. The number of anilines is 1. The molecule has 3 rings (SSSR count). The van der Waals surface area contributed by atoms with Crippen LogP contribution in [0.4, 0.5) is 9.93 Å². The summed E-state index contributed by atoms with van der Waals surface area (Å²) in [7, 11) is 0. The summed E-state index contributed by atoms with van der Waals surface area (Å²) in [5.41, 5.74) is -0.585. The van der Waals surface area contributed by atoms with Crippen LogP contribution in [0, 0.1) is 5.92 Å². The van der Waals surface area contributed by atoms with Gasteiger partial charge in [-0.1, -0.05) is 32.1 Å². The maximum Gasteiger partial charge on any atom is 0.407 e. The van der Waals surface area contributed by atoms with Crippen LogP contribution in [-0.4, -0.2) is 33.6 Å². The Bertz CT molecular complexity index is 950. The average Bonchev–Trinajstić information content (AvgIpc) is 3.34. The lowest BCUT2D eigenvalue weighted by molar-refractivity contribution is -0.120. The molecule has 1 fully saturated rings. The van der Waals surface area contributed by atoms with Gasteiger partial charge in [-0.2, -0.15) is 0 Å². The van der Waals surface area contributed by atoms with Gasteiger partial charge in [0.25, 0.3) is 0 Å². The van der Waals surface area contributed by atoms with Gasteiger partial charge in [0.1, 0.15) is 11.4 Å². The smallest absolute Gasteiger partial charge is 0.407 e. The van der Waals surface area contributed by atoms with Gasteiger partial charge >= 0.3 is 6.09 Å². The summed E-state index contributed by atoms with van der Waals surface area (Å²) < 4.78 is 12.1. The van der Waals surface area contributed by atoms with Crippen molar-refractivity contribution in [2.24, 2.45) is 5.92 Å². The number of carbonyl (C=O) groups excluding carboxylic acids is 2. The van der Waals surface area contributed by atoms with Gasteiger partial charge in [0.05, 0.1) is 22.4 Å². The van der Waals surface area contributed by atoms with E-state index < -0.39 is 11.7 Å². The Hall–Kier alpha value is -2.07. The topological polar surface area (TPSA) is 106 Å². The first kappa shape index (κ1) is 25.6. The molecule has 2 amide bonds. The van der Waals surface area contributed by atoms with Gasteiger partial charge < -0.3 is 19.8 Å². The minimum Gasteiger partial charge on any atom is -0.444 e. The van der Waals surface area contributed by atoms with Gasteiger partial charge in [-0.15, -0.1) is 11.8 Å². The zero-order chi connectivity index (χ0) is 24.2. The number of carbonyl (C=O) groups is 2. The quantitative estimate of drug-likeness (QED) is 0.493. The van der Waals surface area contributed by atoms with E-state index in [2.05, 4.69) is 41.4 Å². The van der Waals surface area contributed by atoms with E-state index in [-0.39, 0.29) is 23.3 Å². The lowest BCUT2D eigenvalue weighted by Gasteiger charge is -2.29. The van der Waals surface area contributed by atoms with E-state index in [4.69, 9.17) is 9.15 Å². The third-order valence-electron chi connectivity index (χ3n) is 5.16. The zero-order valence-electron chi connectivity index (χ0n) is 20.2. The lowest BCUT2D eigenvalue weighted by Crippen LogP contribution is -2.42. The second-order valence-corrected chi connectivity index (χ2v) is 12.6. The lowest BCUT2D eigenvalue weighted by atomic mass is 9.85. The molecule has 2 aromatic rings. The molecule has 0 aliphatic heterocycles. The van der Waals surface area contributed by atoms with Crippen molar-refractivity contribution in [1.29, 1.82) is 0 Å². The van der Waals surface area contributed by atoms with Gasteiger partial charge in [-0.3, -0.25) is 4.79 Å². The molecule has 1 saturated carbocycles. The van der Waals surface area contributed by atoms with E-state index in [1.165, 1.54) is 11.3 Å². The molecule has 2 aromatic heterocycles. The van der Waals surface area contributed by atoms with Crippen LogP contribution in [0.5, 0.6) is 0 Å². The number of amides is 2. The predicted molar refractivity (Wildman–Crippen MR) is 131 cm³/mol. The molecule has 1 aliphatic carbocycles. The van der Waals surface area contributed by atoms with Gasteiger partial charge in [0, 0.05) is 17.4 Å². The normalized spacial score (nSPS) is 19.2. The fourth-order valence-corrected chi connectivity index (χ4v) is 5.15. The molecule has 8 nitrogen and oxygen atoms in total. The first-order chi connectivity index (χ1) is 15.4. The number of thioether (sulfide) groups is 1. The highest BCUT2D eigenvalue weighted by molar-refractivity contribution is 8.00. The molecule has 182 valence electrons. The summed E-state index contributed by atoms with van der Waals surface area (Å²) in [6.07, 6.45) is 6.10. The standard InChI is InChI=1S/C23H34N4O4S2/c1-22(2,3)16-11-24-17(30-16)13-32-18-12-25-20(33-18)27-19(28)14-7-9-15(10-8-14)26-21(29)31-23(4,5)6/h11-12,14-15H,7-10,13H2,1-6H3,(H,26,29)(H,25,27,28). The SMILES string of the molecule is CC(C)(C)OC(=O)NC1CCC(C(=O)Nc2ncc(SCc3ncc(C(C)(C)C)o3)s2)CC1. The van der Waals surface area contributed by atoms with Crippen LogP contribution >= 0.6 is 23.1 Å². The highest BCUT2D eigenvalue weighted by Gasteiger charge is 2.29. The monoisotopic (exact) mass is 494 g/mol. The molecule has 0 saturated heterocycles. The maximum atomic E-state index is 12.7. The van der Waals surface area contributed by atoms with Gasteiger partial charge in [-0.05, 0) is 46.5 Å². The minimum absolute atomic E-state index is 0.0147. The number of rotatable bonds is 6. The number of ether oxygens (including phenoxy) is 1. The number of alkyl carbamates (subject to hydrolysis) is 1. The highest BCUT2D eigenvalue weighted by atomic mass is 32.2. The molecule has 10 heteroatoms. The molecule has 0 spiro atoms. The maximum absolute atomic E-state index is 12.7. The van der Waals surface area contributed by atoms with Crippen molar-refractivity contribution in [2.75, 3.05) is 5.32 Å². The average molecular weight is 495 g/mol. The molecular formula is C23H34N4O4S2. The number of oxazole rings is 1. The van der Waals surface area contributed by atoms with Gasteiger partial charge in [-0.25, -0.2) is 14.8 Å². The van der Waals surface area contributed by atoms with Crippen LogP contribution < -0.4 is 10.6 Å². The number of nitrogens with zero attached hydrogens (tertiary/aromatic N) is 2. The Kier molecular flexibility index (Phi) is 8.10. The van der Waals surface area contributed by atoms with E-state index in [1.54, 1.807) is 24.2 Å². The third-order valence-corrected chi connectivity index (χ3v) is 7.26.